The second kappa shape index (κ2) is 7.20. The Labute approximate surface area is 152 Å². The number of rotatable bonds is 2. The second-order valence-electron chi connectivity index (χ2n) is 6.90. The minimum atomic E-state index is -0.196. The number of aromatic nitrogens is 3. The van der Waals surface area contributed by atoms with E-state index >= 15 is 0 Å². The Morgan fingerprint density at radius 3 is 2.69 bits per heavy atom. The van der Waals surface area contributed by atoms with Gasteiger partial charge < -0.3 is 0 Å². The lowest BCUT2D eigenvalue weighted by molar-refractivity contribution is 0.0949. The van der Waals surface area contributed by atoms with Gasteiger partial charge in [-0.05, 0) is 49.6 Å². The van der Waals surface area contributed by atoms with Crippen LogP contribution in [0.25, 0.3) is 11.0 Å². The van der Waals surface area contributed by atoms with Crippen LogP contribution in [0.15, 0.2) is 53.8 Å². The molecule has 0 atom stereocenters. The van der Waals surface area contributed by atoms with Crippen LogP contribution in [0.4, 0.5) is 0 Å². The normalized spacial score (nSPS) is 16.1. The summed E-state index contributed by atoms with van der Waals surface area (Å²) in [4.78, 5) is 26.8. The molecular formula is C21H22N4O. The third-order valence-electron chi connectivity index (χ3n) is 4.87. The topological polar surface area (TPSA) is 60.1 Å². The first kappa shape index (κ1) is 16.6. The third-order valence-corrected chi connectivity index (χ3v) is 4.87. The molecule has 5 nitrogen and oxygen atoms in total. The first-order valence-corrected chi connectivity index (χ1v) is 9.20. The van der Waals surface area contributed by atoms with Crippen molar-refractivity contribution in [1.82, 2.24) is 14.5 Å². The van der Waals surface area contributed by atoms with Crippen molar-refractivity contribution in [3.63, 3.8) is 0 Å². The van der Waals surface area contributed by atoms with Crippen molar-refractivity contribution >= 4 is 16.9 Å². The van der Waals surface area contributed by atoms with E-state index < -0.39 is 0 Å². The van der Waals surface area contributed by atoms with Crippen molar-refractivity contribution in [2.24, 2.45) is 4.99 Å². The lowest BCUT2D eigenvalue weighted by atomic mass is 9.96. The largest absolute Gasteiger partial charge is 0.283 e. The lowest BCUT2D eigenvalue weighted by Crippen LogP contribution is -2.30. The molecule has 1 aromatic carbocycles. The van der Waals surface area contributed by atoms with Gasteiger partial charge in [-0.2, -0.15) is 0 Å². The summed E-state index contributed by atoms with van der Waals surface area (Å²) >= 11 is 0. The summed E-state index contributed by atoms with van der Waals surface area (Å²) in [7, 11) is 0. The highest BCUT2D eigenvalue weighted by atomic mass is 16.2. The van der Waals surface area contributed by atoms with Crippen molar-refractivity contribution in [1.29, 1.82) is 0 Å². The van der Waals surface area contributed by atoms with E-state index in [-0.39, 0.29) is 5.91 Å². The van der Waals surface area contributed by atoms with Crippen LogP contribution in [-0.4, -0.2) is 26.5 Å². The fourth-order valence-electron chi connectivity index (χ4n) is 3.44. The standard InChI is InChI=1S/C21H22N4O/c1-15-11-12-25(20(13-15)23-16-7-3-2-4-8-16)21(26)19-14-22-17-9-5-6-10-18(17)24-19/h5-6,9-14,16H,2-4,7-8H2,1H3. The maximum Gasteiger partial charge on any atom is 0.283 e. The first-order chi connectivity index (χ1) is 12.7. The molecule has 1 saturated carbocycles. The average Bonchev–Trinajstić information content (AvgIpc) is 2.68. The Balaban J connectivity index is 1.76. The van der Waals surface area contributed by atoms with Gasteiger partial charge in [-0.15, -0.1) is 0 Å². The fraction of sp³-hybridized carbons (Fsp3) is 0.333. The number of carbonyl (C=O) groups is 1. The average molecular weight is 346 g/mol. The van der Waals surface area contributed by atoms with Crippen molar-refractivity contribution in [2.75, 3.05) is 0 Å². The molecule has 132 valence electrons. The van der Waals surface area contributed by atoms with Gasteiger partial charge in [-0.25, -0.2) is 4.98 Å². The Bertz CT molecular complexity index is 1020. The highest BCUT2D eigenvalue weighted by Gasteiger charge is 2.15. The van der Waals surface area contributed by atoms with Crippen molar-refractivity contribution in [3.05, 3.63) is 65.5 Å². The number of benzene rings is 1. The van der Waals surface area contributed by atoms with Crippen LogP contribution in [0.2, 0.25) is 0 Å². The molecule has 0 saturated heterocycles. The van der Waals surface area contributed by atoms with E-state index in [1.54, 1.807) is 17.0 Å². The van der Waals surface area contributed by atoms with Crippen molar-refractivity contribution in [2.45, 2.75) is 45.1 Å². The molecule has 1 aliphatic carbocycles. The van der Waals surface area contributed by atoms with Gasteiger partial charge in [0.25, 0.3) is 5.91 Å². The minimum Gasteiger partial charge on any atom is -0.266 e. The molecule has 0 radical (unpaired) electrons. The molecule has 3 aromatic rings. The van der Waals surface area contributed by atoms with Gasteiger partial charge in [0, 0.05) is 6.20 Å². The number of carbonyl (C=O) groups excluding carboxylic acids is 1. The quantitative estimate of drug-likeness (QED) is 0.711. The summed E-state index contributed by atoms with van der Waals surface area (Å²) in [6.07, 6.45) is 9.23. The van der Waals surface area contributed by atoms with Crippen LogP contribution >= 0.6 is 0 Å². The van der Waals surface area contributed by atoms with Crippen molar-refractivity contribution in [3.8, 4) is 0 Å². The Morgan fingerprint density at radius 2 is 1.88 bits per heavy atom. The monoisotopic (exact) mass is 346 g/mol. The molecule has 0 bridgehead atoms. The fourth-order valence-corrected chi connectivity index (χ4v) is 3.44. The molecule has 0 aliphatic heterocycles. The van der Waals surface area contributed by atoms with Gasteiger partial charge in [0.05, 0.1) is 23.3 Å². The number of aryl methyl sites for hydroxylation is 1. The Hall–Kier alpha value is -2.82. The molecule has 5 heteroatoms. The molecule has 1 aliphatic rings. The number of hydrogen-bond donors (Lipinski definition) is 0. The number of hydrogen-bond acceptors (Lipinski definition) is 4. The summed E-state index contributed by atoms with van der Waals surface area (Å²) in [6.45, 7) is 2.02. The molecule has 0 N–H and O–H groups in total. The predicted octanol–water partition coefficient (Wildman–Crippen LogP) is 3.66. The highest BCUT2D eigenvalue weighted by Crippen LogP contribution is 2.19. The van der Waals surface area contributed by atoms with Gasteiger partial charge >= 0.3 is 0 Å². The molecule has 0 spiro atoms. The summed E-state index contributed by atoms with van der Waals surface area (Å²) in [6, 6.07) is 11.8. The molecule has 2 aromatic heterocycles. The van der Waals surface area contributed by atoms with Gasteiger partial charge in [0.1, 0.15) is 11.2 Å². The van der Waals surface area contributed by atoms with E-state index in [1.807, 2.05) is 43.3 Å². The van der Waals surface area contributed by atoms with Gasteiger partial charge in [-0.1, -0.05) is 31.4 Å². The Morgan fingerprint density at radius 1 is 1.12 bits per heavy atom. The van der Waals surface area contributed by atoms with Crippen LogP contribution in [0.1, 0.15) is 48.2 Å². The van der Waals surface area contributed by atoms with E-state index in [2.05, 4.69) is 9.97 Å². The predicted molar refractivity (Wildman–Crippen MR) is 101 cm³/mol. The zero-order chi connectivity index (χ0) is 17.9. The van der Waals surface area contributed by atoms with E-state index in [1.165, 1.54) is 19.3 Å². The zero-order valence-electron chi connectivity index (χ0n) is 14.9. The molecule has 26 heavy (non-hydrogen) atoms. The van der Waals surface area contributed by atoms with Crippen LogP contribution in [0.5, 0.6) is 0 Å². The summed E-state index contributed by atoms with van der Waals surface area (Å²) < 4.78 is 1.60. The number of para-hydroxylation sites is 2. The summed E-state index contributed by atoms with van der Waals surface area (Å²) in [5.74, 6) is -0.196. The lowest BCUT2D eigenvalue weighted by Gasteiger charge is -2.18. The van der Waals surface area contributed by atoms with E-state index in [9.17, 15) is 4.79 Å². The van der Waals surface area contributed by atoms with E-state index in [0.29, 0.717) is 17.2 Å². The molecule has 0 amide bonds. The second-order valence-corrected chi connectivity index (χ2v) is 6.90. The van der Waals surface area contributed by atoms with Crippen LogP contribution in [-0.2, 0) is 0 Å². The molecule has 2 heterocycles. The van der Waals surface area contributed by atoms with Gasteiger partial charge in [0.15, 0.2) is 0 Å². The summed E-state index contributed by atoms with van der Waals surface area (Å²) in [5, 5.41) is 0. The van der Waals surface area contributed by atoms with Gasteiger partial charge in [-0.3, -0.25) is 19.3 Å². The highest BCUT2D eigenvalue weighted by molar-refractivity contribution is 5.95. The molecular weight excluding hydrogens is 324 g/mol. The van der Waals surface area contributed by atoms with E-state index in [4.69, 9.17) is 4.99 Å². The third kappa shape index (κ3) is 3.43. The minimum absolute atomic E-state index is 0.196. The maximum atomic E-state index is 13.1. The smallest absolute Gasteiger partial charge is 0.266 e. The molecule has 0 unspecified atom stereocenters. The van der Waals surface area contributed by atoms with E-state index in [0.717, 1.165) is 29.4 Å². The molecule has 4 rings (SSSR count). The number of nitrogens with zero attached hydrogens (tertiary/aromatic N) is 4. The Kier molecular flexibility index (Phi) is 4.61. The van der Waals surface area contributed by atoms with Crippen LogP contribution < -0.4 is 5.49 Å². The zero-order valence-corrected chi connectivity index (χ0v) is 14.9. The first-order valence-electron chi connectivity index (χ1n) is 9.20. The number of pyridine rings is 1. The maximum absolute atomic E-state index is 13.1. The SMILES string of the molecule is Cc1ccn(C(=O)c2cnc3ccccc3n2)c(=NC2CCCCC2)c1. The van der Waals surface area contributed by atoms with Crippen LogP contribution in [0.3, 0.4) is 0 Å². The van der Waals surface area contributed by atoms with Gasteiger partial charge in [0.2, 0.25) is 0 Å². The molecule has 1 fully saturated rings. The van der Waals surface area contributed by atoms with Crippen LogP contribution in [0, 0.1) is 6.92 Å². The number of fused-ring (bicyclic) bond motifs is 1. The van der Waals surface area contributed by atoms with Crippen molar-refractivity contribution < 1.29 is 4.79 Å². The summed E-state index contributed by atoms with van der Waals surface area (Å²) in [5.41, 5.74) is 3.63.